The summed E-state index contributed by atoms with van der Waals surface area (Å²) in [5.41, 5.74) is 5.20. The van der Waals surface area contributed by atoms with Crippen molar-refractivity contribution in [2.45, 2.75) is 25.1 Å². The maximum Gasteiger partial charge on any atom is 0.433 e. The van der Waals surface area contributed by atoms with Crippen LogP contribution in [0.15, 0.2) is 30.5 Å². The second-order valence-corrected chi connectivity index (χ2v) is 5.47. The van der Waals surface area contributed by atoms with Crippen LogP contribution in [0.25, 0.3) is 0 Å². The van der Waals surface area contributed by atoms with Crippen molar-refractivity contribution in [1.82, 2.24) is 20.1 Å². The Morgan fingerprint density at radius 2 is 2.00 bits per heavy atom. The van der Waals surface area contributed by atoms with Crippen molar-refractivity contribution in [3.05, 3.63) is 47.4 Å². The molecule has 0 saturated carbocycles. The van der Waals surface area contributed by atoms with Crippen molar-refractivity contribution in [3.63, 3.8) is 0 Å². The van der Waals surface area contributed by atoms with Gasteiger partial charge in [-0.1, -0.05) is 0 Å². The van der Waals surface area contributed by atoms with Crippen LogP contribution in [0, 0.1) is 0 Å². The molecule has 1 unspecified atom stereocenters. The molecule has 0 spiro atoms. The van der Waals surface area contributed by atoms with Gasteiger partial charge in [-0.25, -0.2) is 0 Å². The van der Waals surface area contributed by atoms with E-state index in [9.17, 15) is 18.0 Å². The minimum Gasteiger partial charge on any atom is -0.382 e. The first-order valence-corrected chi connectivity index (χ1v) is 7.29. The minimum atomic E-state index is -4.53. The number of halogens is 3. The highest BCUT2D eigenvalue weighted by Gasteiger charge is 2.34. The molecule has 1 aliphatic rings. The maximum absolute atomic E-state index is 12.6. The number of hydrogen-bond donors (Lipinski definition) is 1. The highest BCUT2D eigenvalue weighted by atomic mass is 19.4. The lowest BCUT2D eigenvalue weighted by Gasteiger charge is -2.24. The molecule has 2 N–H and O–H groups in total. The number of likely N-dealkylation sites (tertiary alicyclic amines) is 1. The Balaban J connectivity index is 1.82. The van der Waals surface area contributed by atoms with Crippen molar-refractivity contribution in [2.75, 3.05) is 12.3 Å². The normalized spacial score (nSPS) is 18.0. The lowest BCUT2D eigenvalue weighted by Crippen LogP contribution is -2.31. The van der Waals surface area contributed by atoms with Crippen molar-refractivity contribution >= 4 is 11.7 Å². The monoisotopic (exact) mass is 337 g/mol. The fourth-order valence-electron chi connectivity index (χ4n) is 2.70. The summed E-state index contributed by atoms with van der Waals surface area (Å²) in [5, 5.41) is 7.78. The molecule has 2 aromatic heterocycles. The Bertz CT molecular complexity index is 730. The zero-order valence-corrected chi connectivity index (χ0v) is 12.5. The van der Waals surface area contributed by atoms with Crippen molar-refractivity contribution in [1.29, 1.82) is 0 Å². The van der Waals surface area contributed by atoms with E-state index in [0.717, 1.165) is 24.8 Å². The summed E-state index contributed by atoms with van der Waals surface area (Å²) >= 11 is 0. The highest BCUT2D eigenvalue weighted by molar-refractivity contribution is 5.94. The van der Waals surface area contributed by atoms with Crippen LogP contribution in [0.4, 0.5) is 19.0 Å². The van der Waals surface area contributed by atoms with Crippen molar-refractivity contribution in [2.24, 2.45) is 0 Å². The molecule has 0 bridgehead atoms. The van der Waals surface area contributed by atoms with E-state index in [-0.39, 0.29) is 23.3 Å². The van der Waals surface area contributed by atoms with Gasteiger partial charge < -0.3 is 10.6 Å². The van der Waals surface area contributed by atoms with E-state index < -0.39 is 11.9 Å². The third-order valence-electron chi connectivity index (χ3n) is 3.86. The van der Waals surface area contributed by atoms with Crippen LogP contribution >= 0.6 is 0 Å². The molecule has 0 radical (unpaired) electrons. The molecule has 126 valence electrons. The lowest BCUT2D eigenvalue weighted by molar-refractivity contribution is -0.141. The van der Waals surface area contributed by atoms with Gasteiger partial charge >= 0.3 is 6.18 Å². The molecule has 1 aliphatic heterocycles. The Morgan fingerprint density at radius 3 is 2.58 bits per heavy atom. The minimum absolute atomic E-state index is 0.110. The number of pyridine rings is 1. The summed E-state index contributed by atoms with van der Waals surface area (Å²) in [6.45, 7) is 0.497. The van der Waals surface area contributed by atoms with Crippen LogP contribution in [-0.4, -0.2) is 32.5 Å². The quantitative estimate of drug-likeness (QED) is 0.910. The predicted octanol–water partition coefficient (Wildman–Crippen LogP) is 2.45. The summed E-state index contributed by atoms with van der Waals surface area (Å²) in [6.07, 6.45) is -2.10. The predicted molar refractivity (Wildman–Crippen MR) is 78.7 cm³/mol. The Hall–Kier alpha value is -2.71. The number of carbonyl (C=O) groups excluding carboxylic acids is 1. The molecule has 9 heteroatoms. The molecule has 3 heterocycles. The first-order chi connectivity index (χ1) is 11.4. The average molecular weight is 337 g/mol. The van der Waals surface area contributed by atoms with Crippen molar-refractivity contribution in [3.8, 4) is 0 Å². The fourth-order valence-corrected chi connectivity index (χ4v) is 2.70. The second kappa shape index (κ2) is 6.06. The number of carbonyl (C=O) groups is 1. The average Bonchev–Trinajstić information content (AvgIpc) is 3.04. The molecule has 1 amide bonds. The van der Waals surface area contributed by atoms with E-state index in [4.69, 9.17) is 5.73 Å². The van der Waals surface area contributed by atoms with Crippen LogP contribution in [0.5, 0.6) is 0 Å². The van der Waals surface area contributed by atoms with Gasteiger partial charge in [-0.15, -0.1) is 5.10 Å². The SMILES string of the molecule is Nc1ccc(C2CCCN2C(=O)c2ccc(C(F)(F)F)nc2)nn1. The number of anilines is 1. The highest BCUT2D eigenvalue weighted by Crippen LogP contribution is 2.32. The summed E-state index contributed by atoms with van der Waals surface area (Å²) in [5.74, 6) is -0.0982. The number of hydrogen-bond acceptors (Lipinski definition) is 5. The molecule has 3 rings (SSSR count). The van der Waals surface area contributed by atoms with E-state index in [1.165, 1.54) is 0 Å². The molecule has 0 aliphatic carbocycles. The number of alkyl halides is 3. The standard InChI is InChI=1S/C15H14F3N5O/c16-15(17,18)12-5-3-9(8-20-12)14(24)23-7-1-2-11(23)10-4-6-13(19)22-21-10/h3-6,8,11H,1-2,7H2,(H2,19,22). The molecule has 1 saturated heterocycles. The number of aromatic nitrogens is 3. The van der Waals surface area contributed by atoms with Gasteiger partial charge in [0.1, 0.15) is 11.5 Å². The second-order valence-electron chi connectivity index (χ2n) is 5.47. The van der Waals surface area contributed by atoms with E-state index in [2.05, 4.69) is 15.2 Å². The Labute approximate surface area is 135 Å². The number of nitrogen functional groups attached to an aromatic ring is 1. The summed E-state index contributed by atoms with van der Waals surface area (Å²) < 4.78 is 37.7. The first-order valence-electron chi connectivity index (χ1n) is 7.29. The van der Waals surface area contributed by atoms with Gasteiger partial charge in [0.05, 0.1) is 17.3 Å². The Morgan fingerprint density at radius 1 is 1.21 bits per heavy atom. The fraction of sp³-hybridized carbons (Fsp3) is 0.333. The zero-order chi connectivity index (χ0) is 17.3. The van der Waals surface area contributed by atoms with Crippen LogP contribution < -0.4 is 5.73 Å². The molecule has 0 aromatic carbocycles. The number of rotatable bonds is 2. The van der Waals surface area contributed by atoms with Crippen LogP contribution in [0.3, 0.4) is 0 Å². The van der Waals surface area contributed by atoms with Crippen LogP contribution in [0.1, 0.15) is 40.6 Å². The number of amides is 1. The molecule has 1 atom stereocenters. The molecule has 6 nitrogen and oxygen atoms in total. The molecular weight excluding hydrogens is 323 g/mol. The first kappa shape index (κ1) is 16.2. The summed E-state index contributed by atoms with van der Waals surface area (Å²) in [6, 6.07) is 4.98. The molecule has 2 aromatic rings. The molecule has 1 fully saturated rings. The number of nitrogens with two attached hydrogens (primary N) is 1. The van der Waals surface area contributed by atoms with E-state index >= 15 is 0 Å². The maximum atomic E-state index is 12.6. The third-order valence-corrected chi connectivity index (χ3v) is 3.86. The van der Waals surface area contributed by atoms with Crippen LogP contribution in [-0.2, 0) is 6.18 Å². The lowest BCUT2D eigenvalue weighted by atomic mass is 10.1. The third kappa shape index (κ3) is 3.15. The largest absolute Gasteiger partial charge is 0.433 e. The van der Waals surface area contributed by atoms with E-state index in [1.807, 2.05) is 0 Å². The Kier molecular flexibility index (Phi) is 4.08. The zero-order valence-electron chi connectivity index (χ0n) is 12.5. The topological polar surface area (TPSA) is 85.0 Å². The summed E-state index contributed by atoms with van der Waals surface area (Å²) in [7, 11) is 0. The van der Waals surface area contributed by atoms with Gasteiger partial charge in [0.25, 0.3) is 5.91 Å². The van der Waals surface area contributed by atoms with Gasteiger partial charge in [0.15, 0.2) is 0 Å². The van der Waals surface area contributed by atoms with Gasteiger partial charge in [-0.2, -0.15) is 18.3 Å². The van der Waals surface area contributed by atoms with E-state index in [0.29, 0.717) is 18.7 Å². The molecule has 24 heavy (non-hydrogen) atoms. The van der Waals surface area contributed by atoms with Gasteiger partial charge in [-0.3, -0.25) is 9.78 Å². The smallest absolute Gasteiger partial charge is 0.382 e. The van der Waals surface area contributed by atoms with Gasteiger partial charge in [0, 0.05) is 12.7 Å². The van der Waals surface area contributed by atoms with Crippen LogP contribution in [0.2, 0.25) is 0 Å². The summed E-state index contributed by atoms with van der Waals surface area (Å²) in [4.78, 5) is 17.5. The van der Waals surface area contributed by atoms with Gasteiger partial charge in [0.2, 0.25) is 0 Å². The van der Waals surface area contributed by atoms with Crippen molar-refractivity contribution < 1.29 is 18.0 Å². The number of nitrogens with zero attached hydrogens (tertiary/aromatic N) is 4. The van der Waals surface area contributed by atoms with E-state index in [1.54, 1.807) is 17.0 Å². The van der Waals surface area contributed by atoms with Gasteiger partial charge in [-0.05, 0) is 37.1 Å². The molecular formula is C15H14F3N5O.